The molecule has 0 spiro atoms. The minimum atomic E-state index is -0.0660. The van der Waals surface area contributed by atoms with Crippen molar-refractivity contribution in [3.8, 4) is 0 Å². The molecule has 19 heavy (non-hydrogen) atoms. The summed E-state index contributed by atoms with van der Waals surface area (Å²) in [7, 11) is 0. The van der Waals surface area contributed by atoms with Gasteiger partial charge in [-0.2, -0.15) is 0 Å². The first-order valence-corrected chi connectivity index (χ1v) is 7.20. The molecule has 0 radical (unpaired) electrons. The molecule has 0 saturated heterocycles. The fourth-order valence-electron chi connectivity index (χ4n) is 2.01. The summed E-state index contributed by atoms with van der Waals surface area (Å²) in [6.07, 6.45) is 0. The minimum absolute atomic E-state index is 0.0660. The number of amides is 1. The average Bonchev–Trinajstić information content (AvgIpc) is 2.36. The predicted octanol–water partition coefficient (Wildman–Crippen LogP) is 4.47. The average molecular weight is 365 g/mol. The monoisotopic (exact) mass is 365 g/mol. The summed E-state index contributed by atoms with van der Waals surface area (Å²) in [5.41, 5.74) is 4.98. The van der Waals surface area contributed by atoms with Gasteiger partial charge in [0.25, 0.3) is 5.91 Å². The summed E-state index contributed by atoms with van der Waals surface area (Å²) in [4.78, 5) is 12.2. The van der Waals surface area contributed by atoms with Gasteiger partial charge in [-0.15, -0.1) is 0 Å². The minimum Gasteiger partial charge on any atom is -0.322 e. The van der Waals surface area contributed by atoms with Crippen molar-refractivity contribution in [3.63, 3.8) is 0 Å². The Morgan fingerprint density at radius 1 is 1.05 bits per heavy atom. The molecule has 0 saturated carbocycles. The summed E-state index contributed by atoms with van der Waals surface area (Å²) in [6, 6.07) is 11.6. The number of carbonyl (C=O) groups is 1. The van der Waals surface area contributed by atoms with Gasteiger partial charge in [-0.05, 0) is 78.8 Å². The molecule has 0 fully saturated rings. The number of nitrogens with one attached hydrogen (secondary N) is 1. The lowest BCUT2D eigenvalue weighted by molar-refractivity contribution is 0.102. The Balaban J connectivity index is 2.24. The molecule has 0 aliphatic heterocycles. The molecule has 0 atom stereocenters. The predicted molar refractivity (Wildman–Crippen MR) is 87.8 cm³/mol. The zero-order valence-electron chi connectivity index (χ0n) is 11.3. The van der Waals surface area contributed by atoms with Crippen LogP contribution in [0.5, 0.6) is 0 Å². The first-order chi connectivity index (χ1) is 8.97. The van der Waals surface area contributed by atoms with Crippen LogP contribution in [-0.2, 0) is 0 Å². The van der Waals surface area contributed by atoms with Gasteiger partial charge in [-0.1, -0.05) is 17.7 Å². The summed E-state index contributed by atoms with van der Waals surface area (Å²) >= 11 is 2.32. The van der Waals surface area contributed by atoms with Crippen LogP contribution < -0.4 is 5.32 Å². The van der Waals surface area contributed by atoms with Gasteiger partial charge >= 0.3 is 0 Å². The molecule has 0 aliphatic rings. The molecule has 0 bridgehead atoms. The van der Waals surface area contributed by atoms with E-state index in [0.717, 1.165) is 11.3 Å². The van der Waals surface area contributed by atoms with E-state index in [-0.39, 0.29) is 5.91 Å². The lowest BCUT2D eigenvalue weighted by Gasteiger charge is -2.10. The molecule has 0 heterocycles. The van der Waals surface area contributed by atoms with E-state index in [2.05, 4.69) is 41.8 Å². The van der Waals surface area contributed by atoms with Gasteiger partial charge in [0.1, 0.15) is 0 Å². The smallest absolute Gasteiger partial charge is 0.255 e. The van der Waals surface area contributed by atoms with E-state index in [1.54, 1.807) is 0 Å². The third-order valence-corrected chi connectivity index (χ3v) is 4.68. The lowest BCUT2D eigenvalue weighted by atomic mass is 10.1. The SMILES string of the molecule is Cc1cccc(C(=O)Nc2cc(C)c(I)c(C)c2)c1. The van der Waals surface area contributed by atoms with Crippen molar-refractivity contribution in [2.75, 3.05) is 5.32 Å². The highest BCUT2D eigenvalue weighted by Crippen LogP contribution is 2.22. The Morgan fingerprint density at radius 3 is 2.26 bits per heavy atom. The molecule has 98 valence electrons. The Hall–Kier alpha value is -1.36. The van der Waals surface area contributed by atoms with E-state index in [1.807, 2.05) is 43.3 Å². The molecule has 2 aromatic rings. The van der Waals surface area contributed by atoms with Gasteiger partial charge in [0.15, 0.2) is 0 Å². The topological polar surface area (TPSA) is 29.1 Å². The van der Waals surface area contributed by atoms with E-state index in [1.165, 1.54) is 14.7 Å². The van der Waals surface area contributed by atoms with Crippen LogP contribution >= 0.6 is 22.6 Å². The summed E-state index contributed by atoms with van der Waals surface area (Å²) in [5.74, 6) is -0.0660. The zero-order chi connectivity index (χ0) is 14.0. The van der Waals surface area contributed by atoms with Crippen LogP contribution in [0, 0.1) is 24.3 Å². The number of anilines is 1. The van der Waals surface area contributed by atoms with Gasteiger partial charge < -0.3 is 5.32 Å². The van der Waals surface area contributed by atoms with Gasteiger partial charge in [-0.25, -0.2) is 0 Å². The fourth-order valence-corrected chi connectivity index (χ4v) is 2.32. The molecule has 0 unspecified atom stereocenters. The highest BCUT2D eigenvalue weighted by molar-refractivity contribution is 14.1. The van der Waals surface area contributed by atoms with E-state index < -0.39 is 0 Å². The zero-order valence-corrected chi connectivity index (χ0v) is 13.4. The maximum absolute atomic E-state index is 12.2. The van der Waals surface area contributed by atoms with Crippen molar-refractivity contribution in [3.05, 3.63) is 62.2 Å². The summed E-state index contributed by atoms with van der Waals surface area (Å²) in [5, 5.41) is 2.95. The molecule has 1 amide bonds. The van der Waals surface area contributed by atoms with Gasteiger partial charge in [0.05, 0.1) is 0 Å². The quantitative estimate of drug-likeness (QED) is 0.782. The molecule has 1 N–H and O–H groups in total. The molecule has 0 aliphatic carbocycles. The van der Waals surface area contributed by atoms with E-state index in [9.17, 15) is 4.79 Å². The van der Waals surface area contributed by atoms with E-state index in [4.69, 9.17) is 0 Å². The molecular weight excluding hydrogens is 349 g/mol. The highest BCUT2D eigenvalue weighted by Gasteiger charge is 2.08. The van der Waals surface area contributed by atoms with Crippen molar-refractivity contribution >= 4 is 34.2 Å². The second kappa shape index (κ2) is 5.74. The Morgan fingerprint density at radius 2 is 1.68 bits per heavy atom. The molecular formula is C16H16INO. The summed E-state index contributed by atoms with van der Waals surface area (Å²) < 4.78 is 1.24. The second-order valence-electron chi connectivity index (χ2n) is 4.75. The number of carbonyl (C=O) groups excluding carboxylic acids is 1. The molecule has 2 rings (SSSR count). The standard InChI is InChI=1S/C16H16INO/c1-10-5-4-6-13(7-10)16(19)18-14-8-11(2)15(17)12(3)9-14/h4-9H,1-3H3,(H,18,19). The number of hydrogen-bond acceptors (Lipinski definition) is 1. The van der Waals surface area contributed by atoms with E-state index in [0.29, 0.717) is 5.56 Å². The van der Waals surface area contributed by atoms with Crippen molar-refractivity contribution in [1.82, 2.24) is 0 Å². The highest BCUT2D eigenvalue weighted by atomic mass is 127. The molecule has 3 heteroatoms. The summed E-state index contributed by atoms with van der Waals surface area (Å²) in [6.45, 7) is 6.09. The number of aryl methyl sites for hydroxylation is 3. The van der Waals surface area contributed by atoms with Crippen LogP contribution in [0.3, 0.4) is 0 Å². The third kappa shape index (κ3) is 3.35. The Labute approximate surface area is 127 Å². The third-order valence-electron chi connectivity index (χ3n) is 2.97. The van der Waals surface area contributed by atoms with E-state index >= 15 is 0 Å². The first kappa shape index (κ1) is 14.1. The van der Waals surface area contributed by atoms with Crippen molar-refractivity contribution in [2.24, 2.45) is 0 Å². The van der Waals surface area contributed by atoms with Gasteiger partial charge in [0, 0.05) is 14.8 Å². The molecule has 2 nitrogen and oxygen atoms in total. The fraction of sp³-hybridized carbons (Fsp3) is 0.188. The van der Waals surface area contributed by atoms with Crippen molar-refractivity contribution in [2.45, 2.75) is 20.8 Å². The normalized spacial score (nSPS) is 10.3. The van der Waals surface area contributed by atoms with Crippen molar-refractivity contribution < 1.29 is 4.79 Å². The maximum atomic E-state index is 12.2. The second-order valence-corrected chi connectivity index (χ2v) is 5.83. The van der Waals surface area contributed by atoms with Crippen LogP contribution in [-0.4, -0.2) is 5.91 Å². The van der Waals surface area contributed by atoms with Crippen LogP contribution in [0.15, 0.2) is 36.4 Å². The largest absolute Gasteiger partial charge is 0.322 e. The van der Waals surface area contributed by atoms with Gasteiger partial charge in [-0.3, -0.25) is 4.79 Å². The van der Waals surface area contributed by atoms with Crippen LogP contribution in [0.2, 0.25) is 0 Å². The van der Waals surface area contributed by atoms with Crippen LogP contribution in [0.25, 0.3) is 0 Å². The van der Waals surface area contributed by atoms with Crippen LogP contribution in [0.1, 0.15) is 27.0 Å². The number of benzene rings is 2. The van der Waals surface area contributed by atoms with Gasteiger partial charge in [0.2, 0.25) is 0 Å². The molecule has 0 aromatic heterocycles. The van der Waals surface area contributed by atoms with Crippen LogP contribution in [0.4, 0.5) is 5.69 Å². The Bertz CT molecular complexity index is 611. The van der Waals surface area contributed by atoms with Crippen molar-refractivity contribution in [1.29, 1.82) is 0 Å². The Kier molecular flexibility index (Phi) is 4.24. The number of hydrogen-bond donors (Lipinski definition) is 1. The lowest BCUT2D eigenvalue weighted by Crippen LogP contribution is -2.12. The first-order valence-electron chi connectivity index (χ1n) is 6.12. The maximum Gasteiger partial charge on any atom is 0.255 e. The number of halogens is 1. The molecule has 2 aromatic carbocycles. The number of rotatable bonds is 2.